The average molecular weight is 188 g/mol. The largest absolute Gasteiger partial charge is 0.304 e. The molecule has 1 aliphatic heterocycles. The Labute approximate surface area is 85.5 Å². The molecule has 0 aromatic heterocycles. The molecular weight excluding hydrogens is 172 g/mol. The first-order chi connectivity index (χ1) is 6.72. The Morgan fingerprint density at radius 2 is 2.29 bits per heavy atom. The van der Waals surface area contributed by atoms with E-state index in [0.29, 0.717) is 11.8 Å². The summed E-state index contributed by atoms with van der Waals surface area (Å²) in [5.41, 5.74) is 1.37. The Hall–Kier alpha value is -1.07. The van der Waals surface area contributed by atoms with Crippen molar-refractivity contribution in [2.75, 3.05) is 20.1 Å². The van der Waals surface area contributed by atoms with Crippen LogP contribution in [0.5, 0.6) is 0 Å². The van der Waals surface area contributed by atoms with Gasteiger partial charge in [0.05, 0.1) is 12.0 Å². The van der Waals surface area contributed by atoms with E-state index in [1.165, 1.54) is 5.57 Å². The molecular formula is C12H16N2. The van der Waals surface area contributed by atoms with Crippen molar-refractivity contribution in [3.63, 3.8) is 0 Å². The van der Waals surface area contributed by atoms with E-state index in [1.54, 1.807) is 0 Å². The number of nitrogens with zero attached hydrogens (tertiary/aromatic N) is 2. The summed E-state index contributed by atoms with van der Waals surface area (Å²) >= 11 is 0. The molecule has 0 N–H and O–H groups in total. The smallest absolute Gasteiger partial charge is 0.0675 e. The third-order valence-corrected chi connectivity index (χ3v) is 3.33. The van der Waals surface area contributed by atoms with E-state index in [-0.39, 0.29) is 5.92 Å². The number of hydrogen-bond acceptors (Lipinski definition) is 2. The summed E-state index contributed by atoms with van der Waals surface area (Å²) in [6, 6.07) is 2.45. The lowest BCUT2D eigenvalue weighted by Crippen LogP contribution is -2.44. The van der Waals surface area contributed by atoms with Gasteiger partial charge in [-0.1, -0.05) is 23.8 Å². The van der Waals surface area contributed by atoms with Gasteiger partial charge in [0.2, 0.25) is 0 Å². The molecule has 0 radical (unpaired) electrons. The van der Waals surface area contributed by atoms with Crippen LogP contribution >= 0.6 is 0 Å². The predicted octanol–water partition coefficient (Wildman–Crippen LogP) is 1.82. The van der Waals surface area contributed by atoms with Gasteiger partial charge in [-0.2, -0.15) is 5.26 Å². The molecule has 0 aromatic rings. The van der Waals surface area contributed by atoms with E-state index in [4.69, 9.17) is 5.26 Å². The molecule has 14 heavy (non-hydrogen) atoms. The second-order valence-electron chi connectivity index (χ2n) is 4.44. The summed E-state index contributed by atoms with van der Waals surface area (Å²) in [4.78, 5) is 2.26. The summed E-state index contributed by atoms with van der Waals surface area (Å²) < 4.78 is 0. The van der Waals surface area contributed by atoms with E-state index in [0.717, 1.165) is 13.1 Å². The van der Waals surface area contributed by atoms with Crippen LogP contribution in [0.25, 0.3) is 0 Å². The van der Waals surface area contributed by atoms with Crippen molar-refractivity contribution in [1.82, 2.24) is 4.90 Å². The normalized spacial score (nSPS) is 37.2. The van der Waals surface area contributed by atoms with Crippen LogP contribution in [0.3, 0.4) is 0 Å². The monoisotopic (exact) mass is 188 g/mol. The quantitative estimate of drug-likeness (QED) is 0.580. The fraction of sp³-hybridized carbons (Fsp3) is 0.583. The fourth-order valence-electron chi connectivity index (χ4n) is 2.71. The van der Waals surface area contributed by atoms with Crippen LogP contribution in [-0.4, -0.2) is 25.0 Å². The standard InChI is InChI=1S/C12H16N2/c1-9-4-3-5-10-7-14(2)8-11(6-13)12(9)10/h3-5,10-12H,7-8H2,1-2H3. The van der Waals surface area contributed by atoms with E-state index in [2.05, 4.69) is 43.2 Å². The summed E-state index contributed by atoms with van der Waals surface area (Å²) in [5.74, 6) is 1.17. The second kappa shape index (κ2) is 3.59. The predicted molar refractivity (Wildman–Crippen MR) is 56.5 cm³/mol. The molecule has 1 fully saturated rings. The highest BCUT2D eigenvalue weighted by Gasteiger charge is 2.36. The first kappa shape index (κ1) is 9.48. The zero-order valence-corrected chi connectivity index (χ0v) is 8.77. The van der Waals surface area contributed by atoms with E-state index in [1.807, 2.05) is 0 Å². The van der Waals surface area contributed by atoms with Crippen molar-refractivity contribution in [2.45, 2.75) is 6.92 Å². The maximum absolute atomic E-state index is 9.14. The molecule has 2 heteroatoms. The lowest BCUT2D eigenvalue weighted by atomic mass is 9.72. The molecule has 3 atom stereocenters. The van der Waals surface area contributed by atoms with Crippen molar-refractivity contribution in [2.24, 2.45) is 17.8 Å². The van der Waals surface area contributed by atoms with Gasteiger partial charge in [-0.15, -0.1) is 0 Å². The summed E-state index contributed by atoms with van der Waals surface area (Å²) in [7, 11) is 2.10. The van der Waals surface area contributed by atoms with Crippen LogP contribution in [0, 0.1) is 29.1 Å². The molecule has 0 amide bonds. The Bertz CT molecular complexity index is 322. The lowest BCUT2D eigenvalue weighted by Gasteiger charge is -2.40. The van der Waals surface area contributed by atoms with Gasteiger partial charge < -0.3 is 4.90 Å². The SMILES string of the molecule is CC1=CC=CC2CN(C)CC(C#N)C12. The molecule has 1 heterocycles. The molecule has 2 rings (SSSR count). The van der Waals surface area contributed by atoms with E-state index in [9.17, 15) is 0 Å². The Morgan fingerprint density at radius 3 is 3.00 bits per heavy atom. The molecule has 1 saturated heterocycles. The summed E-state index contributed by atoms with van der Waals surface area (Å²) in [6.45, 7) is 4.15. The number of allylic oxidation sites excluding steroid dienone is 3. The van der Waals surface area contributed by atoms with Gasteiger partial charge in [0, 0.05) is 19.0 Å². The number of nitriles is 1. The highest BCUT2D eigenvalue weighted by atomic mass is 15.1. The van der Waals surface area contributed by atoms with Crippen molar-refractivity contribution in [3.8, 4) is 6.07 Å². The molecule has 74 valence electrons. The van der Waals surface area contributed by atoms with Gasteiger partial charge in [-0.05, 0) is 19.9 Å². The van der Waals surface area contributed by atoms with Crippen LogP contribution in [0.1, 0.15) is 6.92 Å². The first-order valence-electron chi connectivity index (χ1n) is 5.15. The van der Waals surface area contributed by atoms with Crippen LogP contribution < -0.4 is 0 Å². The van der Waals surface area contributed by atoms with Gasteiger partial charge >= 0.3 is 0 Å². The van der Waals surface area contributed by atoms with E-state index < -0.39 is 0 Å². The Morgan fingerprint density at radius 1 is 1.50 bits per heavy atom. The highest BCUT2D eigenvalue weighted by Crippen LogP contribution is 2.36. The Balaban J connectivity index is 2.26. The number of fused-ring (bicyclic) bond motifs is 1. The minimum atomic E-state index is 0.167. The number of rotatable bonds is 0. The summed E-state index contributed by atoms with van der Waals surface area (Å²) in [5, 5.41) is 9.14. The molecule has 0 aromatic carbocycles. The second-order valence-corrected chi connectivity index (χ2v) is 4.44. The molecule has 3 unspecified atom stereocenters. The minimum Gasteiger partial charge on any atom is -0.304 e. The van der Waals surface area contributed by atoms with Gasteiger partial charge in [0.25, 0.3) is 0 Å². The number of piperidine rings is 1. The molecule has 2 nitrogen and oxygen atoms in total. The minimum absolute atomic E-state index is 0.167. The van der Waals surface area contributed by atoms with E-state index >= 15 is 0 Å². The van der Waals surface area contributed by atoms with Crippen LogP contribution in [0.4, 0.5) is 0 Å². The maximum atomic E-state index is 9.14. The zero-order chi connectivity index (χ0) is 10.1. The van der Waals surface area contributed by atoms with Crippen molar-refractivity contribution < 1.29 is 0 Å². The number of hydrogen-bond donors (Lipinski definition) is 0. The van der Waals surface area contributed by atoms with Crippen molar-refractivity contribution in [1.29, 1.82) is 5.26 Å². The molecule has 0 bridgehead atoms. The van der Waals surface area contributed by atoms with Gasteiger partial charge in [0.1, 0.15) is 0 Å². The van der Waals surface area contributed by atoms with Crippen molar-refractivity contribution >= 4 is 0 Å². The van der Waals surface area contributed by atoms with Crippen LogP contribution in [-0.2, 0) is 0 Å². The average Bonchev–Trinajstić information content (AvgIpc) is 2.16. The fourth-order valence-corrected chi connectivity index (χ4v) is 2.71. The molecule has 2 aliphatic rings. The van der Waals surface area contributed by atoms with Crippen LogP contribution in [0.15, 0.2) is 23.8 Å². The molecule has 0 saturated carbocycles. The van der Waals surface area contributed by atoms with Gasteiger partial charge in [0.15, 0.2) is 0 Å². The van der Waals surface area contributed by atoms with Crippen LogP contribution in [0.2, 0.25) is 0 Å². The highest BCUT2D eigenvalue weighted by molar-refractivity contribution is 5.25. The Kier molecular flexibility index (Phi) is 2.43. The molecule has 0 spiro atoms. The maximum Gasteiger partial charge on any atom is 0.0675 e. The van der Waals surface area contributed by atoms with Crippen molar-refractivity contribution in [3.05, 3.63) is 23.8 Å². The van der Waals surface area contributed by atoms with Gasteiger partial charge in [-0.25, -0.2) is 0 Å². The van der Waals surface area contributed by atoms with Gasteiger partial charge in [-0.3, -0.25) is 0 Å². The number of likely N-dealkylation sites (tertiary alicyclic amines) is 1. The zero-order valence-electron chi connectivity index (χ0n) is 8.77. The third-order valence-electron chi connectivity index (χ3n) is 3.33. The third kappa shape index (κ3) is 1.49. The molecule has 1 aliphatic carbocycles. The lowest BCUT2D eigenvalue weighted by molar-refractivity contribution is 0.152. The summed E-state index contributed by atoms with van der Waals surface area (Å²) in [6.07, 6.45) is 6.53. The topological polar surface area (TPSA) is 27.0 Å². The first-order valence-corrected chi connectivity index (χ1v) is 5.15.